The zero-order chi connectivity index (χ0) is 12.2. The van der Waals surface area contributed by atoms with Crippen LogP contribution in [0.2, 0.25) is 0 Å². The quantitative estimate of drug-likeness (QED) is 0.767. The Morgan fingerprint density at radius 3 is 2.50 bits per heavy atom. The fourth-order valence-corrected chi connectivity index (χ4v) is 2.61. The molecule has 0 aromatic heterocycles. The molecule has 2 atom stereocenters. The van der Waals surface area contributed by atoms with Gasteiger partial charge in [-0.15, -0.1) is 0 Å². The van der Waals surface area contributed by atoms with Crippen molar-refractivity contribution in [1.82, 2.24) is 10.2 Å². The van der Waals surface area contributed by atoms with Gasteiger partial charge >= 0.3 is 0 Å². The molecule has 0 bridgehead atoms. The van der Waals surface area contributed by atoms with Crippen LogP contribution in [-0.2, 0) is 0 Å². The Morgan fingerprint density at radius 1 is 1.25 bits per heavy atom. The van der Waals surface area contributed by atoms with Crippen LogP contribution in [-0.4, -0.2) is 47.3 Å². The van der Waals surface area contributed by atoms with Crippen LogP contribution in [0.4, 0.5) is 0 Å². The summed E-state index contributed by atoms with van der Waals surface area (Å²) in [7, 11) is 0. The minimum Gasteiger partial charge on any atom is -0.388 e. The molecule has 1 aliphatic heterocycles. The summed E-state index contributed by atoms with van der Waals surface area (Å²) in [5, 5.41) is 14.0. The Kier molecular flexibility index (Phi) is 5.22. The first-order valence-electron chi connectivity index (χ1n) is 6.69. The van der Waals surface area contributed by atoms with E-state index in [2.05, 4.69) is 37.9 Å². The largest absolute Gasteiger partial charge is 0.388 e. The lowest BCUT2D eigenvalue weighted by Gasteiger charge is -2.34. The Balaban J connectivity index is 2.56. The number of hydrogen-bond donors (Lipinski definition) is 2. The topological polar surface area (TPSA) is 35.5 Å². The highest BCUT2D eigenvalue weighted by atomic mass is 16.3. The van der Waals surface area contributed by atoms with Gasteiger partial charge in [0.2, 0.25) is 0 Å². The molecule has 0 aliphatic carbocycles. The lowest BCUT2D eigenvalue weighted by molar-refractivity contribution is -0.00613. The molecule has 1 heterocycles. The van der Waals surface area contributed by atoms with Gasteiger partial charge in [-0.05, 0) is 53.1 Å². The van der Waals surface area contributed by atoms with Gasteiger partial charge in [-0.3, -0.25) is 0 Å². The maximum atomic E-state index is 10.7. The van der Waals surface area contributed by atoms with Crippen LogP contribution >= 0.6 is 0 Å². The number of aliphatic hydroxyl groups is 1. The summed E-state index contributed by atoms with van der Waals surface area (Å²) in [6.45, 7) is 11.7. The maximum Gasteiger partial charge on any atom is 0.0809 e. The van der Waals surface area contributed by atoms with Crippen LogP contribution in [0.1, 0.15) is 47.0 Å². The summed E-state index contributed by atoms with van der Waals surface area (Å²) in [6.07, 6.45) is 2.91. The zero-order valence-corrected chi connectivity index (χ0v) is 11.3. The first-order valence-corrected chi connectivity index (χ1v) is 6.69. The van der Waals surface area contributed by atoms with Gasteiger partial charge in [0.05, 0.1) is 5.60 Å². The molecular weight excluding hydrogens is 200 g/mol. The van der Waals surface area contributed by atoms with Gasteiger partial charge in [-0.1, -0.05) is 6.92 Å². The van der Waals surface area contributed by atoms with Crippen molar-refractivity contribution in [1.29, 1.82) is 0 Å². The number of likely N-dealkylation sites (N-methyl/N-ethyl adjacent to an activating group) is 1. The predicted octanol–water partition coefficient (Wildman–Crippen LogP) is 1.61. The van der Waals surface area contributed by atoms with Crippen molar-refractivity contribution in [3.63, 3.8) is 0 Å². The van der Waals surface area contributed by atoms with E-state index in [0.29, 0.717) is 6.04 Å². The van der Waals surface area contributed by atoms with E-state index < -0.39 is 5.60 Å². The van der Waals surface area contributed by atoms with Crippen molar-refractivity contribution in [2.45, 2.75) is 64.6 Å². The Hall–Kier alpha value is -0.120. The van der Waals surface area contributed by atoms with Crippen LogP contribution in [0.5, 0.6) is 0 Å². The molecule has 0 aromatic carbocycles. The van der Waals surface area contributed by atoms with E-state index in [0.717, 1.165) is 38.9 Å². The summed E-state index contributed by atoms with van der Waals surface area (Å²) in [4.78, 5) is 2.47. The molecule has 1 fully saturated rings. The highest BCUT2D eigenvalue weighted by Crippen LogP contribution is 2.26. The summed E-state index contributed by atoms with van der Waals surface area (Å²) in [5.74, 6) is 0. The van der Waals surface area contributed by atoms with Gasteiger partial charge in [0, 0.05) is 18.6 Å². The molecule has 16 heavy (non-hydrogen) atoms. The highest BCUT2D eigenvalue weighted by molar-refractivity contribution is 4.92. The van der Waals surface area contributed by atoms with Gasteiger partial charge in [-0.2, -0.15) is 0 Å². The van der Waals surface area contributed by atoms with E-state index >= 15 is 0 Å². The van der Waals surface area contributed by atoms with Crippen LogP contribution in [0.3, 0.4) is 0 Å². The summed E-state index contributed by atoms with van der Waals surface area (Å²) in [5.41, 5.74) is -0.514. The average Bonchev–Trinajstić information content (AvgIpc) is 2.42. The maximum absolute atomic E-state index is 10.7. The standard InChI is InChI=1S/C13H28N2O/c1-5-14-12(4)13(16)7-6-9-15(10-8-13)11(2)3/h11-12,14,16H,5-10H2,1-4H3. The van der Waals surface area contributed by atoms with Crippen molar-refractivity contribution in [3.8, 4) is 0 Å². The fraction of sp³-hybridized carbons (Fsp3) is 1.00. The second-order valence-electron chi connectivity index (χ2n) is 5.37. The number of hydrogen-bond acceptors (Lipinski definition) is 3. The van der Waals surface area contributed by atoms with Crippen LogP contribution in [0, 0.1) is 0 Å². The third-order valence-electron chi connectivity index (χ3n) is 3.93. The molecule has 0 aromatic rings. The average molecular weight is 228 g/mol. The van der Waals surface area contributed by atoms with Crippen LogP contribution in [0.15, 0.2) is 0 Å². The van der Waals surface area contributed by atoms with Gasteiger partial charge in [0.15, 0.2) is 0 Å². The van der Waals surface area contributed by atoms with E-state index in [1.807, 2.05) is 0 Å². The zero-order valence-electron chi connectivity index (χ0n) is 11.3. The SMILES string of the molecule is CCNC(C)C1(O)CCCN(C(C)C)CC1. The van der Waals surface area contributed by atoms with Crippen molar-refractivity contribution in [2.75, 3.05) is 19.6 Å². The minimum atomic E-state index is -0.514. The highest BCUT2D eigenvalue weighted by Gasteiger charge is 2.35. The molecule has 3 nitrogen and oxygen atoms in total. The molecule has 96 valence electrons. The van der Waals surface area contributed by atoms with Crippen LogP contribution in [0.25, 0.3) is 0 Å². The Morgan fingerprint density at radius 2 is 1.94 bits per heavy atom. The van der Waals surface area contributed by atoms with Crippen molar-refractivity contribution >= 4 is 0 Å². The number of nitrogens with one attached hydrogen (secondary N) is 1. The number of nitrogens with zero attached hydrogens (tertiary/aromatic N) is 1. The van der Waals surface area contributed by atoms with E-state index in [4.69, 9.17) is 0 Å². The molecule has 1 aliphatic rings. The smallest absolute Gasteiger partial charge is 0.0809 e. The Labute approximate surface area is 100 Å². The number of likely N-dealkylation sites (tertiary alicyclic amines) is 1. The monoisotopic (exact) mass is 228 g/mol. The van der Waals surface area contributed by atoms with Crippen molar-refractivity contribution in [2.24, 2.45) is 0 Å². The Bertz CT molecular complexity index is 208. The van der Waals surface area contributed by atoms with Gasteiger partial charge in [-0.25, -0.2) is 0 Å². The second kappa shape index (κ2) is 5.99. The third kappa shape index (κ3) is 3.44. The van der Waals surface area contributed by atoms with E-state index in [-0.39, 0.29) is 6.04 Å². The summed E-state index contributed by atoms with van der Waals surface area (Å²) in [6, 6.07) is 0.793. The normalized spacial score (nSPS) is 30.4. The first-order chi connectivity index (χ1) is 7.49. The molecule has 1 saturated heterocycles. The molecule has 0 amide bonds. The van der Waals surface area contributed by atoms with Crippen LogP contribution < -0.4 is 5.32 Å². The van der Waals surface area contributed by atoms with Gasteiger partial charge in [0.25, 0.3) is 0 Å². The van der Waals surface area contributed by atoms with E-state index in [1.54, 1.807) is 0 Å². The summed E-state index contributed by atoms with van der Waals surface area (Å²) >= 11 is 0. The molecule has 1 rings (SSSR count). The lowest BCUT2D eigenvalue weighted by Crippen LogP contribution is -2.49. The van der Waals surface area contributed by atoms with Crippen molar-refractivity contribution in [3.05, 3.63) is 0 Å². The predicted molar refractivity (Wildman–Crippen MR) is 68.6 cm³/mol. The molecule has 2 N–H and O–H groups in total. The molecule has 0 saturated carbocycles. The van der Waals surface area contributed by atoms with E-state index in [1.165, 1.54) is 0 Å². The van der Waals surface area contributed by atoms with Gasteiger partial charge < -0.3 is 15.3 Å². The third-order valence-corrected chi connectivity index (χ3v) is 3.93. The molecule has 0 spiro atoms. The van der Waals surface area contributed by atoms with E-state index in [9.17, 15) is 5.11 Å². The molecule has 3 heteroatoms. The lowest BCUT2D eigenvalue weighted by atomic mass is 9.87. The van der Waals surface area contributed by atoms with Gasteiger partial charge in [0.1, 0.15) is 0 Å². The molecule has 2 unspecified atom stereocenters. The molecular formula is C13H28N2O. The molecule has 0 radical (unpaired) electrons. The summed E-state index contributed by atoms with van der Waals surface area (Å²) < 4.78 is 0. The second-order valence-corrected chi connectivity index (χ2v) is 5.37. The fourth-order valence-electron chi connectivity index (χ4n) is 2.61. The minimum absolute atomic E-state index is 0.199. The number of rotatable bonds is 4. The van der Waals surface area contributed by atoms with Crippen molar-refractivity contribution < 1.29 is 5.11 Å². The first kappa shape index (κ1) is 13.9.